The molecule has 0 saturated heterocycles. The van der Waals surface area contributed by atoms with Crippen molar-refractivity contribution in [1.29, 1.82) is 0 Å². The average molecular weight is 347 g/mol. The molecule has 0 aliphatic carbocycles. The standard InChI is InChI=1S/C16H17N3O4S/c20-19(21)13-5-7-14(8-6-13)24(22,23)18-11-16-15-4-2-1-3-12(15)9-10-17-16/h1-8,16-18H,9-11H2. The molecule has 1 atom stereocenters. The van der Waals surface area contributed by atoms with Gasteiger partial charge in [-0.25, -0.2) is 13.1 Å². The molecule has 2 aromatic rings. The summed E-state index contributed by atoms with van der Waals surface area (Å²) in [7, 11) is -3.72. The van der Waals surface area contributed by atoms with Crippen molar-refractivity contribution in [2.45, 2.75) is 17.4 Å². The molecule has 0 amide bonds. The number of nitro groups is 1. The number of rotatable bonds is 5. The average Bonchev–Trinajstić information content (AvgIpc) is 2.60. The van der Waals surface area contributed by atoms with Crippen LogP contribution in [0.25, 0.3) is 0 Å². The Kier molecular flexibility index (Phi) is 4.61. The third kappa shape index (κ3) is 3.45. The van der Waals surface area contributed by atoms with Crippen molar-refractivity contribution in [1.82, 2.24) is 10.0 Å². The van der Waals surface area contributed by atoms with Crippen LogP contribution in [0.5, 0.6) is 0 Å². The molecule has 0 saturated carbocycles. The topological polar surface area (TPSA) is 101 Å². The van der Waals surface area contributed by atoms with Gasteiger partial charge in [-0.2, -0.15) is 0 Å². The van der Waals surface area contributed by atoms with Crippen LogP contribution in [-0.4, -0.2) is 26.4 Å². The summed E-state index contributed by atoms with van der Waals surface area (Å²) in [6.07, 6.45) is 0.918. The molecule has 1 heterocycles. The monoisotopic (exact) mass is 347 g/mol. The Morgan fingerprint density at radius 1 is 1.17 bits per heavy atom. The smallest absolute Gasteiger partial charge is 0.269 e. The van der Waals surface area contributed by atoms with Crippen LogP contribution in [0.2, 0.25) is 0 Å². The van der Waals surface area contributed by atoms with Crippen LogP contribution in [-0.2, 0) is 16.4 Å². The van der Waals surface area contributed by atoms with Crippen LogP contribution in [0.4, 0.5) is 5.69 Å². The van der Waals surface area contributed by atoms with Gasteiger partial charge in [0.15, 0.2) is 0 Å². The summed E-state index contributed by atoms with van der Waals surface area (Å²) in [5.41, 5.74) is 2.17. The maximum absolute atomic E-state index is 12.4. The van der Waals surface area contributed by atoms with E-state index in [1.165, 1.54) is 29.8 Å². The van der Waals surface area contributed by atoms with E-state index >= 15 is 0 Å². The molecular weight excluding hydrogens is 330 g/mol. The van der Waals surface area contributed by atoms with Gasteiger partial charge in [0.2, 0.25) is 10.0 Å². The number of benzene rings is 2. The SMILES string of the molecule is O=[N+]([O-])c1ccc(S(=O)(=O)NCC2NCCc3ccccc32)cc1. The van der Waals surface area contributed by atoms with Crippen LogP contribution in [0, 0.1) is 10.1 Å². The lowest BCUT2D eigenvalue weighted by Crippen LogP contribution is -2.38. The van der Waals surface area contributed by atoms with E-state index in [1.807, 2.05) is 24.3 Å². The van der Waals surface area contributed by atoms with Gasteiger partial charge >= 0.3 is 0 Å². The molecule has 0 radical (unpaired) electrons. The Morgan fingerprint density at radius 2 is 1.88 bits per heavy atom. The highest BCUT2D eigenvalue weighted by atomic mass is 32.2. The fraction of sp³-hybridized carbons (Fsp3) is 0.250. The maximum Gasteiger partial charge on any atom is 0.269 e. The first kappa shape index (κ1) is 16.6. The van der Waals surface area contributed by atoms with Gasteiger partial charge in [0.25, 0.3) is 5.69 Å². The van der Waals surface area contributed by atoms with Crippen molar-refractivity contribution in [3.8, 4) is 0 Å². The number of fused-ring (bicyclic) bond motifs is 1. The van der Waals surface area contributed by atoms with E-state index in [9.17, 15) is 18.5 Å². The van der Waals surface area contributed by atoms with Gasteiger partial charge < -0.3 is 5.32 Å². The molecule has 3 rings (SSSR count). The third-order valence-corrected chi connectivity index (χ3v) is 5.49. The molecule has 0 bridgehead atoms. The van der Waals surface area contributed by atoms with Gasteiger partial charge in [-0.1, -0.05) is 24.3 Å². The first-order chi connectivity index (χ1) is 11.5. The molecule has 8 heteroatoms. The Labute approximate surface area is 139 Å². The second kappa shape index (κ2) is 6.68. The summed E-state index contributed by atoms with van der Waals surface area (Å²) in [5.74, 6) is 0. The number of sulfonamides is 1. The normalized spacial score (nSPS) is 17.2. The van der Waals surface area contributed by atoms with Crippen molar-refractivity contribution in [2.24, 2.45) is 0 Å². The molecule has 2 N–H and O–H groups in total. The molecule has 0 spiro atoms. The molecule has 1 unspecified atom stereocenters. The maximum atomic E-state index is 12.4. The summed E-state index contributed by atoms with van der Waals surface area (Å²) in [5, 5.41) is 14.0. The summed E-state index contributed by atoms with van der Waals surface area (Å²) >= 11 is 0. The van der Waals surface area contributed by atoms with E-state index < -0.39 is 14.9 Å². The lowest BCUT2D eigenvalue weighted by molar-refractivity contribution is -0.384. The summed E-state index contributed by atoms with van der Waals surface area (Å²) < 4.78 is 27.3. The predicted octanol–water partition coefficient (Wildman–Crippen LogP) is 1.76. The molecule has 1 aliphatic rings. The van der Waals surface area contributed by atoms with Crippen molar-refractivity contribution >= 4 is 15.7 Å². The highest BCUT2D eigenvalue weighted by Crippen LogP contribution is 2.22. The molecule has 126 valence electrons. The van der Waals surface area contributed by atoms with Crippen LogP contribution in [0.15, 0.2) is 53.4 Å². The second-order valence-corrected chi connectivity index (χ2v) is 7.33. The van der Waals surface area contributed by atoms with Crippen molar-refractivity contribution < 1.29 is 13.3 Å². The third-order valence-electron chi connectivity index (χ3n) is 4.05. The first-order valence-electron chi connectivity index (χ1n) is 7.53. The highest BCUT2D eigenvalue weighted by Gasteiger charge is 2.22. The van der Waals surface area contributed by atoms with Crippen molar-refractivity contribution in [2.75, 3.05) is 13.1 Å². The molecular formula is C16H17N3O4S. The van der Waals surface area contributed by atoms with Crippen molar-refractivity contribution in [3.63, 3.8) is 0 Å². The quantitative estimate of drug-likeness (QED) is 0.634. The lowest BCUT2D eigenvalue weighted by atomic mass is 9.95. The molecule has 7 nitrogen and oxygen atoms in total. The summed E-state index contributed by atoms with van der Waals surface area (Å²) in [6.45, 7) is 1.01. The summed E-state index contributed by atoms with van der Waals surface area (Å²) in [6, 6.07) is 12.7. The van der Waals surface area contributed by atoms with Gasteiger partial charge in [0, 0.05) is 24.7 Å². The lowest BCUT2D eigenvalue weighted by Gasteiger charge is -2.27. The number of hydrogen-bond donors (Lipinski definition) is 2. The van der Waals surface area contributed by atoms with Gasteiger partial charge in [0.1, 0.15) is 0 Å². The molecule has 1 aliphatic heterocycles. The number of nitrogens with one attached hydrogen (secondary N) is 2. The van der Waals surface area contributed by atoms with E-state index in [0.717, 1.165) is 18.5 Å². The molecule has 0 fully saturated rings. The molecule has 24 heavy (non-hydrogen) atoms. The minimum atomic E-state index is -3.72. The molecule has 2 aromatic carbocycles. The Morgan fingerprint density at radius 3 is 2.58 bits per heavy atom. The zero-order chi connectivity index (χ0) is 17.2. The fourth-order valence-electron chi connectivity index (χ4n) is 2.80. The van der Waals surface area contributed by atoms with Crippen LogP contribution in [0.1, 0.15) is 17.2 Å². The second-order valence-electron chi connectivity index (χ2n) is 5.56. The highest BCUT2D eigenvalue weighted by molar-refractivity contribution is 7.89. The van der Waals surface area contributed by atoms with Gasteiger partial charge in [-0.15, -0.1) is 0 Å². The van der Waals surface area contributed by atoms with Crippen molar-refractivity contribution in [3.05, 3.63) is 69.8 Å². The van der Waals surface area contributed by atoms with E-state index in [0.29, 0.717) is 0 Å². The summed E-state index contributed by atoms with van der Waals surface area (Å²) in [4.78, 5) is 10.1. The van der Waals surface area contributed by atoms with E-state index in [2.05, 4.69) is 10.0 Å². The van der Waals surface area contributed by atoms with Gasteiger partial charge in [-0.3, -0.25) is 10.1 Å². The Hall–Kier alpha value is -2.29. The van der Waals surface area contributed by atoms with E-state index in [-0.39, 0.29) is 23.2 Å². The van der Waals surface area contributed by atoms with E-state index in [1.54, 1.807) is 0 Å². The van der Waals surface area contributed by atoms with Gasteiger partial charge in [-0.05, 0) is 36.2 Å². The first-order valence-corrected chi connectivity index (χ1v) is 9.01. The molecule has 0 aromatic heterocycles. The van der Waals surface area contributed by atoms with Crippen LogP contribution < -0.4 is 10.0 Å². The zero-order valence-corrected chi connectivity index (χ0v) is 13.6. The fourth-order valence-corrected chi connectivity index (χ4v) is 3.85. The number of non-ortho nitro benzene ring substituents is 1. The van der Waals surface area contributed by atoms with Crippen LogP contribution >= 0.6 is 0 Å². The van der Waals surface area contributed by atoms with Crippen LogP contribution in [0.3, 0.4) is 0 Å². The number of nitrogens with zero attached hydrogens (tertiary/aromatic N) is 1. The Balaban J connectivity index is 1.73. The number of nitro benzene ring substituents is 1. The zero-order valence-electron chi connectivity index (χ0n) is 12.8. The van der Waals surface area contributed by atoms with E-state index in [4.69, 9.17) is 0 Å². The minimum Gasteiger partial charge on any atom is -0.308 e. The van der Waals surface area contributed by atoms with Gasteiger partial charge in [0.05, 0.1) is 9.82 Å². The minimum absolute atomic E-state index is 0.0113. The number of hydrogen-bond acceptors (Lipinski definition) is 5. The Bertz CT molecular complexity index is 850. The largest absolute Gasteiger partial charge is 0.308 e. The predicted molar refractivity (Wildman–Crippen MR) is 89.2 cm³/mol.